The number of carbonyl (C=O) groups is 1. The fraction of sp³-hybridized carbons (Fsp3) is 0.565. The highest BCUT2D eigenvalue weighted by Gasteiger charge is 2.52. The summed E-state index contributed by atoms with van der Waals surface area (Å²) in [5.41, 5.74) is 0.875. The number of methoxy groups -OCH3 is 2. The van der Waals surface area contributed by atoms with E-state index < -0.39 is 10.2 Å². The van der Waals surface area contributed by atoms with Crippen LogP contribution in [-0.2, 0) is 15.0 Å². The molecule has 2 unspecified atom stereocenters. The minimum absolute atomic E-state index is 0.0433. The second-order valence-corrected chi connectivity index (χ2v) is 11.8. The fourth-order valence-corrected chi connectivity index (χ4v) is 6.64. The quantitative estimate of drug-likeness (QED) is 0.688. The number of fused-ring (bicyclic) bond motifs is 2. The summed E-state index contributed by atoms with van der Waals surface area (Å²) in [5.74, 6) is 0.694. The van der Waals surface area contributed by atoms with Gasteiger partial charge in [-0.3, -0.25) is 4.79 Å². The molecule has 1 saturated heterocycles. The van der Waals surface area contributed by atoms with E-state index in [1.54, 1.807) is 18.2 Å². The average molecular weight is 462 g/mol. The summed E-state index contributed by atoms with van der Waals surface area (Å²) >= 11 is 0. The highest BCUT2D eigenvalue weighted by atomic mass is 32.2. The molecule has 9 heteroatoms. The smallest absolute Gasteiger partial charge is 0.345 e. The third-order valence-corrected chi connectivity index (χ3v) is 8.07. The molecule has 1 aliphatic carbocycles. The van der Waals surface area contributed by atoms with Crippen molar-refractivity contribution in [1.82, 2.24) is 9.21 Å². The van der Waals surface area contributed by atoms with Crippen LogP contribution in [0, 0.1) is 10.8 Å². The molecule has 8 nitrogen and oxygen atoms in total. The number of nitrogens with zero attached hydrogens (tertiary/aromatic N) is 3. The lowest BCUT2D eigenvalue weighted by molar-refractivity contribution is -0.129. The minimum atomic E-state index is -4.08. The first-order valence-corrected chi connectivity index (χ1v) is 12.1. The predicted octanol–water partition coefficient (Wildman–Crippen LogP) is 2.99. The fourth-order valence-electron chi connectivity index (χ4n) is 5.74. The van der Waals surface area contributed by atoms with Crippen molar-refractivity contribution in [2.75, 3.05) is 27.8 Å². The summed E-state index contributed by atoms with van der Waals surface area (Å²) in [6.07, 6.45) is 4.43. The van der Waals surface area contributed by atoms with Gasteiger partial charge in [-0.05, 0) is 54.4 Å². The highest BCUT2D eigenvalue weighted by Crippen LogP contribution is 2.52. The Morgan fingerprint density at radius 1 is 1.16 bits per heavy atom. The van der Waals surface area contributed by atoms with Gasteiger partial charge in [0.15, 0.2) is 0 Å². The summed E-state index contributed by atoms with van der Waals surface area (Å²) in [6, 6.07) is 5.16. The second-order valence-electron chi connectivity index (χ2n) is 10.2. The third-order valence-electron chi connectivity index (χ3n) is 6.75. The molecule has 2 bridgehead atoms. The molecule has 0 N–H and O–H groups in total. The van der Waals surface area contributed by atoms with E-state index in [1.807, 2.05) is 4.90 Å². The van der Waals surface area contributed by atoms with Crippen LogP contribution in [0.1, 0.15) is 45.6 Å². The van der Waals surface area contributed by atoms with Gasteiger partial charge in [-0.2, -0.15) is 8.42 Å². The zero-order valence-electron chi connectivity index (χ0n) is 19.5. The van der Waals surface area contributed by atoms with Gasteiger partial charge < -0.3 is 14.4 Å². The zero-order chi connectivity index (χ0) is 23.5. The van der Waals surface area contributed by atoms with E-state index in [1.165, 1.54) is 27.3 Å². The molecular weight excluding hydrogens is 430 g/mol. The number of amides is 1. The van der Waals surface area contributed by atoms with Crippen LogP contribution >= 0.6 is 0 Å². The molecule has 1 saturated carbocycles. The lowest BCUT2D eigenvalue weighted by Gasteiger charge is -2.39. The molecule has 2 heterocycles. The molecule has 1 aromatic carbocycles. The van der Waals surface area contributed by atoms with Gasteiger partial charge in [0.05, 0.1) is 19.9 Å². The molecule has 2 aliphatic heterocycles. The second kappa shape index (κ2) is 7.50. The summed E-state index contributed by atoms with van der Waals surface area (Å²) in [4.78, 5) is 15.5. The molecule has 2 atom stereocenters. The van der Waals surface area contributed by atoms with Crippen molar-refractivity contribution in [1.29, 1.82) is 0 Å². The van der Waals surface area contributed by atoms with Crippen LogP contribution in [-0.4, -0.2) is 63.1 Å². The van der Waals surface area contributed by atoms with E-state index >= 15 is 0 Å². The van der Waals surface area contributed by atoms with Gasteiger partial charge in [0.25, 0.3) is 5.91 Å². The van der Waals surface area contributed by atoms with Crippen molar-refractivity contribution in [3.63, 3.8) is 0 Å². The van der Waals surface area contributed by atoms with Crippen LogP contribution in [0.25, 0.3) is 0 Å². The monoisotopic (exact) mass is 461 g/mol. The van der Waals surface area contributed by atoms with Crippen molar-refractivity contribution < 1.29 is 22.7 Å². The molecule has 0 spiro atoms. The number of allylic oxidation sites excluding steroid dienone is 1. The SMILES string of the molecule is COc1ccc(OC)c(C2=NS(=O)(=O)N(C)C(C(=O)N3CC4(C)CC3CC(C)(C)C4)=C2)c1. The number of hydrogen-bond acceptors (Lipinski definition) is 5. The van der Waals surface area contributed by atoms with Gasteiger partial charge in [-0.25, -0.2) is 4.31 Å². The molecule has 3 aliphatic rings. The Bertz CT molecular complexity index is 1120. The number of ether oxygens (including phenoxy) is 2. The Kier molecular flexibility index (Phi) is 5.31. The molecule has 174 valence electrons. The Morgan fingerprint density at radius 3 is 2.53 bits per heavy atom. The van der Waals surface area contributed by atoms with E-state index in [4.69, 9.17) is 9.47 Å². The molecule has 1 amide bonds. The Balaban J connectivity index is 1.75. The van der Waals surface area contributed by atoms with Crippen molar-refractivity contribution in [2.24, 2.45) is 15.2 Å². The van der Waals surface area contributed by atoms with Gasteiger partial charge in [-0.15, -0.1) is 4.40 Å². The van der Waals surface area contributed by atoms with Gasteiger partial charge in [0.2, 0.25) is 0 Å². The average Bonchev–Trinajstić information content (AvgIpc) is 2.97. The van der Waals surface area contributed by atoms with Crippen LogP contribution in [0.5, 0.6) is 11.5 Å². The molecule has 4 rings (SSSR count). The normalized spacial score (nSPS) is 28.1. The molecule has 0 radical (unpaired) electrons. The lowest BCUT2D eigenvalue weighted by atomic mass is 9.65. The predicted molar refractivity (Wildman–Crippen MR) is 122 cm³/mol. The first-order chi connectivity index (χ1) is 14.9. The Hall–Kier alpha value is -2.55. The molecule has 32 heavy (non-hydrogen) atoms. The third kappa shape index (κ3) is 3.87. The van der Waals surface area contributed by atoms with Crippen molar-refractivity contribution >= 4 is 21.8 Å². The van der Waals surface area contributed by atoms with Crippen LogP contribution in [0.4, 0.5) is 0 Å². The highest BCUT2D eigenvalue weighted by molar-refractivity contribution is 7.88. The minimum Gasteiger partial charge on any atom is -0.497 e. The maximum atomic E-state index is 13.7. The number of carbonyl (C=O) groups excluding carboxylic acids is 1. The standard InChI is InChI=1S/C23H31N3O5S/c1-22(2)11-15-12-23(3,13-22)14-26(15)21(27)19-10-18(24-32(28,29)25(19)4)17-9-16(30-5)7-8-20(17)31-6/h7-10,15H,11-14H2,1-6H3. The van der Waals surface area contributed by atoms with Crippen molar-refractivity contribution in [3.8, 4) is 11.5 Å². The van der Waals surface area contributed by atoms with E-state index in [-0.39, 0.29) is 34.2 Å². The molecular formula is C23H31N3O5S. The first-order valence-electron chi connectivity index (χ1n) is 10.7. The number of likely N-dealkylation sites (N-methyl/N-ethyl adjacent to an activating group) is 1. The van der Waals surface area contributed by atoms with Crippen LogP contribution < -0.4 is 9.47 Å². The van der Waals surface area contributed by atoms with E-state index in [0.29, 0.717) is 23.6 Å². The number of hydrogen-bond donors (Lipinski definition) is 0. The molecule has 1 aromatic rings. The summed E-state index contributed by atoms with van der Waals surface area (Å²) in [7, 11) is 0.316. The Morgan fingerprint density at radius 2 is 1.88 bits per heavy atom. The summed E-state index contributed by atoms with van der Waals surface area (Å²) < 4.78 is 41.4. The first kappa shape index (κ1) is 22.6. The Labute approximate surface area is 190 Å². The van der Waals surface area contributed by atoms with Crippen molar-refractivity contribution in [3.05, 3.63) is 35.5 Å². The number of rotatable bonds is 4. The lowest BCUT2D eigenvalue weighted by Crippen LogP contribution is -2.43. The summed E-state index contributed by atoms with van der Waals surface area (Å²) in [6.45, 7) is 7.32. The summed E-state index contributed by atoms with van der Waals surface area (Å²) in [5, 5.41) is 0. The molecule has 0 aromatic heterocycles. The van der Waals surface area contributed by atoms with Crippen LogP contribution in [0.2, 0.25) is 0 Å². The zero-order valence-corrected chi connectivity index (χ0v) is 20.3. The van der Waals surface area contributed by atoms with Gasteiger partial charge >= 0.3 is 10.2 Å². The number of benzene rings is 1. The van der Waals surface area contributed by atoms with Gasteiger partial charge in [0.1, 0.15) is 17.2 Å². The van der Waals surface area contributed by atoms with E-state index in [9.17, 15) is 13.2 Å². The van der Waals surface area contributed by atoms with Gasteiger partial charge in [-0.1, -0.05) is 20.8 Å². The number of likely N-dealkylation sites (tertiary alicyclic amines) is 1. The van der Waals surface area contributed by atoms with Gasteiger partial charge in [0, 0.05) is 25.2 Å². The maximum Gasteiger partial charge on any atom is 0.345 e. The van der Waals surface area contributed by atoms with Crippen molar-refractivity contribution in [2.45, 2.75) is 46.1 Å². The van der Waals surface area contributed by atoms with Crippen LogP contribution in [0.3, 0.4) is 0 Å². The topological polar surface area (TPSA) is 88.5 Å². The maximum absolute atomic E-state index is 13.7. The largest absolute Gasteiger partial charge is 0.497 e. The van der Waals surface area contributed by atoms with E-state index in [2.05, 4.69) is 25.2 Å². The van der Waals surface area contributed by atoms with Crippen LogP contribution in [0.15, 0.2) is 34.4 Å². The molecule has 2 fully saturated rings. The van der Waals surface area contributed by atoms with E-state index in [0.717, 1.165) is 23.6 Å².